The van der Waals surface area contributed by atoms with Crippen molar-refractivity contribution in [2.24, 2.45) is 0 Å². The first-order valence-corrected chi connectivity index (χ1v) is 5.84. The van der Waals surface area contributed by atoms with Crippen LogP contribution in [0, 0.1) is 0 Å². The zero-order valence-corrected chi connectivity index (χ0v) is 10.5. The Bertz CT molecular complexity index is 394. The van der Waals surface area contributed by atoms with Gasteiger partial charge in [0, 0.05) is 18.4 Å². The average molecular weight is 234 g/mol. The van der Waals surface area contributed by atoms with Crippen molar-refractivity contribution >= 4 is 11.6 Å². The molecule has 0 heterocycles. The minimum atomic E-state index is -0.679. The Hall–Kier alpha value is -1.64. The van der Waals surface area contributed by atoms with Crippen LogP contribution in [0.25, 0.3) is 0 Å². The summed E-state index contributed by atoms with van der Waals surface area (Å²) in [5.41, 5.74) is 0.675. The molecule has 1 rings (SSSR count). The molecule has 0 aliphatic heterocycles. The molecule has 0 spiro atoms. The van der Waals surface area contributed by atoms with Gasteiger partial charge in [0.25, 0.3) is 0 Å². The highest BCUT2D eigenvalue weighted by Crippen LogP contribution is 2.29. The molecule has 0 unspecified atom stereocenters. The molecule has 1 aromatic rings. The summed E-state index contributed by atoms with van der Waals surface area (Å²) in [6.45, 7) is 3.54. The maximum atomic E-state index is 11.9. The summed E-state index contributed by atoms with van der Waals surface area (Å²) in [7, 11) is 1.54. The lowest BCUT2D eigenvalue weighted by Crippen LogP contribution is -2.21. The van der Waals surface area contributed by atoms with Crippen molar-refractivity contribution < 1.29 is 14.3 Å². The summed E-state index contributed by atoms with van der Waals surface area (Å²) >= 11 is 0. The van der Waals surface area contributed by atoms with Gasteiger partial charge in [-0.2, -0.15) is 0 Å². The minimum Gasteiger partial charge on any atom is -0.496 e. The Morgan fingerprint density at radius 3 is 2.12 bits per heavy atom. The van der Waals surface area contributed by atoms with E-state index in [0.29, 0.717) is 24.2 Å². The van der Waals surface area contributed by atoms with Crippen LogP contribution >= 0.6 is 0 Å². The van der Waals surface area contributed by atoms with Crippen molar-refractivity contribution in [2.45, 2.75) is 32.6 Å². The second-order valence-corrected chi connectivity index (χ2v) is 3.81. The predicted molar refractivity (Wildman–Crippen MR) is 66.3 cm³/mol. The fraction of sp³-hybridized carbons (Fsp3) is 0.429. The smallest absolute Gasteiger partial charge is 0.147 e. The van der Waals surface area contributed by atoms with Crippen LogP contribution < -0.4 is 4.74 Å². The van der Waals surface area contributed by atoms with Gasteiger partial charge in [0.15, 0.2) is 0 Å². The van der Waals surface area contributed by atoms with E-state index in [1.807, 2.05) is 12.1 Å². The second kappa shape index (κ2) is 6.18. The Morgan fingerprint density at radius 2 is 1.65 bits per heavy atom. The predicted octanol–water partition coefficient (Wildman–Crippen LogP) is 2.74. The van der Waals surface area contributed by atoms with Gasteiger partial charge in [0.1, 0.15) is 23.2 Å². The van der Waals surface area contributed by atoms with Gasteiger partial charge in [0.2, 0.25) is 0 Å². The van der Waals surface area contributed by atoms with Gasteiger partial charge < -0.3 is 4.74 Å². The first-order chi connectivity index (χ1) is 8.15. The number of rotatable bonds is 6. The molecule has 0 fully saturated rings. The standard InChI is InChI=1S/C14H18O3/c1-4-11(15)14(12(16)5-2)10-8-6-7-9-13(10)17-3/h6-9,14H,4-5H2,1-3H3. The first-order valence-electron chi connectivity index (χ1n) is 5.84. The van der Waals surface area contributed by atoms with E-state index >= 15 is 0 Å². The van der Waals surface area contributed by atoms with Gasteiger partial charge in [-0.1, -0.05) is 32.0 Å². The molecular weight excluding hydrogens is 216 g/mol. The topological polar surface area (TPSA) is 43.4 Å². The highest BCUT2D eigenvalue weighted by molar-refractivity contribution is 6.07. The summed E-state index contributed by atoms with van der Waals surface area (Å²) in [6.07, 6.45) is 0.711. The van der Waals surface area contributed by atoms with Gasteiger partial charge in [-0.25, -0.2) is 0 Å². The highest BCUT2D eigenvalue weighted by atomic mass is 16.5. The molecule has 92 valence electrons. The number of hydrogen-bond donors (Lipinski definition) is 0. The number of carbonyl (C=O) groups excluding carboxylic acids is 2. The van der Waals surface area contributed by atoms with Crippen molar-refractivity contribution in [3.8, 4) is 5.75 Å². The normalized spacial score (nSPS) is 10.4. The van der Waals surface area contributed by atoms with Crippen LogP contribution in [0.2, 0.25) is 0 Å². The zero-order chi connectivity index (χ0) is 12.8. The van der Waals surface area contributed by atoms with Crippen LogP contribution in [0.3, 0.4) is 0 Å². The van der Waals surface area contributed by atoms with Crippen LogP contribution in [0.1, 0.15) is 38.2 Å². The number of para-hydroxylation sites is 1. The molecule has 3 heteroatoms. The second-order valence-electron chi connectivity index (χ2n) is 3.81. The molecule has 0 bridgehead atoms. The van der Waals surface area contributed by atoms with Gasteiger partial charge in [-0.15, -0.1) is 0 Å². The third kappa shape index (κ3) is 2.93. The molecule has 0 saturated carbocycles. The van der Waals surface area contributed by atoms with E-state index < -0.39 is 5.92 Å². The third-order valence-electron chi connectivity index (χ3n) is 2.79. The Balaban J connectivity index is 3.21. The Kier molecular flexibility index (Phi) is 4.88. The number of Topliss-reactive ketones (excluding diaryl/α,β-unsaturated/α-hetero) is 2. The van der Waals surface area contributed by atoms with E-state index in [4.69, 9.17) is 4.74 Å². The van der Waals surface area contributed by atoms with Crippen molar-refractivity contribution in [1.82, 2.24) is 0 Å². The highest BCUT2D eigenvalue weighted by Gasteiger charge is 2.27. The quantitative estimate of drug-likeness (QED) is 0.711. The van der Waals surface area contributed by atoms with Gasteiger partial charge in [0.05, 0.1) is 7.11 Å². The van der Waals surface area contributed by atoms with E-state index in [1.54, 1.807) is 33.1 Å². The molecular formula is C14H18O3. The van der Waals surface area contributed by atoms with Crippen LogP contribution in [-0.2, 0) is 9.59 Å². The largest absolute Gasteiger partial charge is 0.496 e. The van der Waals surface area contributed by atoms with Crippen LogP contribution in [0.5, 0.6) is 5.75 Å². The number of methoxy groups -OCH3 is 1. The van der Waals surface area contributed by atoms with Crippen molar-refractivity contribution in [1.29, 1.82) is 0 Å². The molecule has 1 aromatic carbocycles. The lowest BCUT2D eigenvalue weighted by Gasteiger charge is -2.16. The monoisotopic (exact) mass is 234 g/mol. The third-order valence-corrected chi connectivity index (χ3v) is 2.79. The zero-order valence-electron chi connectivity index (χ0n) is 10.5. The molecule has 0 aliphatic carbocycles. The van der Waals surface area contributed by atoms with Crippen LogP contribution in [-0.4, -0.2) is 18.7 Å². The molecule has 0 radical (unpaired) electrons. The summed E-state index contributed by atoms with van der Waals surface area (Å²) in [5, 5.41) is 0. The first kappa shape index (κ1) is 13.4. The molecule has 0 aliphatic rings. The summed E-state index contributed by atoms with van der Waals surface area (Å²) < 4.78 is 5.21. The maximum absolute atomic E-state index is 11.9. The Labute approximate surface area is 102 Å². The van der Waals surface area contributed by atoms with Gasteiger partial charge in [-0.05, 0) is 6.07 Å². The average Bonchev–Trinajstić information content (AvgIpc) is 2.39. The van der Waals surface area contributed by atoms with Gasteiger partial charge in [-0.3, -0.25) is 9.59 Å². The summed E-state index contributed by atoms with van der Waals surface area (Å²) in [5.74, 6) is -0.190. The number of ether oxygens (including phenoxy) is 1. The molecule has 0 atom stereocenters. The molecule has 17 heavy (non-hydrogen) atoms. The maximum Gasteiger partial charge on any atom is 0.147 e. The number of carbonyl (C=O) groups is 2. The van der Waals surface area contributed by atoms with E-state index in [1.165, 1.54) is 0 Å². The Morgan fingerprint density at radius 1 is 1.12 bits per heavy atom. The molecule has 0 N–H and O–H groups in total. The van der Waals surface area contributed by atoms with E-state index in [9.17, 15) is 9.59 Å². The number of hydrogen-bond acceptors (Lipinski definition) is 3. The van der Waals surface area contributed by atoms with Crippen LogP contribution in [0.15, 0.2) is 24.3 Å². The molecule has 0 amide bonds. The van der Waals surface area contributed by atoms with Crippen molar-refractivity contribution in [3.05, 3.63) is 29.8 Å². The molecule has 3 nitrogen and oxygen atoms in total. The fourth-order valence-corrected chi connectivity index (χ4v) is 1.84. The lowest BCUT2D eigenvalue weighted by atomic mass is 9.87. The van der Waals surface area contributed by atoms with Gasteiger partial charge >= 0.3 is 0 Å². The van der Waals surface area contributed by atoms with E-state index in [2.05, 4.69) is 0 Å². The molecule has 0 aromatic heterocycles. The number of ketones is 2. The van der Waals surface area contributed by atoms with Crippen LogP contribution in [0.4, 0.5) is 0 Å². The van der Waals surface area contributed by atoms with Crippen molar-refractivity contribution in [3.63, 3.8) is 0 Å². The lowest BCUT2D eigenvalue weighted by molar-refractivity contribution is -0.129. The van der Waals surface area contributed by atoms with Crippen molar-refractivity contribution in [2.75, 3.05) is 7.11 Å². The fourth-order valence-electron chi connectivity index (χ4n) is 1.84. The summed E-state index contributed by atoms with van der Waals surface area (Å²) in [4.78, 5) is 23.8. The minimum absolute atomic E-state index is 0.0543. The number of benzene rings is 1. The summed E-state index contributed by atoms with van der Waals surface area (Å²) in [6, 6.07) is 7.20. The van der Waals surface area contributed by atoms with E-state index in [-0.39, 0.29) is 11.6 Å². The molecule has 0 saturated heterocycles. The van der Waals surface area contributed by atoms with E-state index in [0.717, 1.165) is 0 Å². The SMILES string of the molecule is CCC(=O)C(C(=O)CC)c1ccccc1OC.